The summed E-state index contributed by atoms with van der Waals surface area (Å²) in [4.78, 5) is 13.2. The number of amidine groups is 1. The summed E-state index contributed by atoms with van der Waals surface area (Å²) in [7, 11) is 1.49. The van der Waals surface area contributed by atoms with E-state index in [1.807, 2.05) is 0 Å². The fraction of sp³-hybridized carbons (Fsp3) is 0.778. The summed E-state index contributed by atoms with van der Waals surface area (Å²) in [6.07, 6.45) is 1.73. The lowest BCUT2D eigenvalue weighted by Gasteiger charge is -2.31. The number of hydrogen-bond acceptors (Lipinski definition) is 4. The van der Waals surface area contributed by atoms with Gasteiger partial charge in [-0.25, -0.2) is 0 Å². The molecule has 0 aromatic heterocycles. The van der Waals surface area contributed by atoms with Crippen LogP contribution in [-0.4, -0.2) is 48.7 Å². The van der Waals surface area contributed by atoms with E-state index in [-0.39, 0.29) is 24.3 Å². The fourth-order valence-corrected chi connectivity index (χ4v) is 1.74. The molecule has 1 saturated heterocycles. The highest BCUT2D eigenvalue weighted by molar-refractivity contribution is 5.84. The lowest BCUT2D eigenvalue weighted by atomic mass is 9.97. The number of carbonyl (C=O) groups is 1. The van der Waals surface area contributed by atoms with Crippen LogP contribution in [0.1, 0.15) is 12.8 Å². The van der Waals surface area contributed by atoms with E-state index in [1.54, 1.807) is 4.90 Å². The van der Waals surface area contributed by atoms with Crippen molar-refractivity contribution in [3.63, 3.8) is 0 Å². The van der Waals surface area contributed by atoms with Gasteiger partial charge in [0.25, 0.3) is 0 Å². The summed E-state index contributed by atoms with van der Waals surface area (Å²) in [5, 5.41) is 11.5. The van der Waals surface area contributed by atoms with Crippen molar-refractivity contribution < 1.29 is 14.7 Å². The Bertz CT molecular complexity index is 255. The summed E-state index contributed by atoms with van der Waals surface area (Å²) in [6, 6.07) is 0. The maximum Gasteiger partial charge on any atom is 0.248 e. The first-order valence-electron chi connectivity index (χ1n) is 4.93. The molecule has 86 valence electrons. The van der Waals surface area contributed by atoms with E-state index in [9.17, 15) is 4.79 Å². The van der Waals surface area contributed by atoms with Gasteiger partial charge in [-0.15, -0.1) is 0 Å². The second kappa shape index (κ2) is 5.55. The minimum absolute atomic E-state index is 0.0374. The number of rotatable bonds is 3. The van der Waals surface area contributed by atoms with E-state index >= 15 is 0 Å². The summed E-state index contributed by atoms with van der Waals surface area (Å²) in [5.74, 6) is 0.113. The molecule has 1 heterocycles. The Hall–Kier alpha value is -1.30. The van der Waals surface area contributed by atoms with Crippen molar-refractivity contribution in [2.45, 2.75) is 12.8 Å². The molecule has 0 aromatic rings. The normalized spacial score (nSPS) is 22.9. The summed E-state index contributed by atoms with van der Waals surface area (Å²) < 4.78 is 4.78. The smallest absolute Gasteiger partial charge is 0.248 e. The summed E-state index contributed by atoms with van der Waals surface area (Å²) in [6.45, 7) is 1.32. The Balaban J connectivity index is 2.52. The van der Waals surface area contributed by atoms with Crippen LogP contribution in [-0.2, 0) is 9.53 Å². The van der Waals surface area contributed by atoms with E-state index < -0.39 is 0 Å². The zero-order valence-electron chi connectivity index (χ0n) is 8.85. The average Bonchev–Trinajstić information content (AvgIpc) is 2.28. The third kappa shape index (κ3) is 3.09. The van der Waals surface area contributed by atoms with Gasteiger partial charge in [0, 0.05) is 26.1 Å². The first-order valence-corrected chi connectivity index (χ1v) is 4.93. The number of oxime groups is 1. The first-order chi connectivity index (χ1) is 7.19. The molecule has 1 rings (SSSR count). The zero-order valence-corrected chi connectivity index (χ0v) is 8.85. The predicted octanol–water partition coefficient (Wildman–Crippen LogP) is -0.382. The molecule has 1 aliphatic rings. The number of piperidine rings is 1. The highest BCUT2D eigenvalue weighted by Gasteiger charge is 2.25. The second-order valence-electron chi connectivity index (χ2n) is 3.64. The number of hydrogen-bond donors (Lipinski definition) is 2. The van der Waals surface area contributed by atoms with Crippen molar-refractivity contribution in [1.82, 2.24) is 4.90 Å². The Labute approximate surface area is 88.7 Å². The standard InChI is InChI=1S/C9H17N3O3/c1-15-6-8(13)12-4-2-3-7(5-12)9(10)11-14/h7,14H,2-6H2,1H3,(H2,10,11). The van der Waals surface area contributed by atoms with Crippen LogP contribution in [0.2, 0.25) is 0 Å². The van der Waals surface area contributed by atoms with Crippen LogP contribution in [0.25, 0.3) is 0 Å². The van der Waals surface area contributed by atoms with E-state index in [4.69, 9.17) is 15.7 Å². The molecular weight excluding hydrogens is 198 g/mol. The minimum atomic E-state index is -0.0482. The van der Waals surface area contributed by atoms with Crippen molar-refractivity contribution in [1.29, 1.82) is 0 Å². The molecule has 0 aromatic carbocycles. The third-order valence-corrected chi connectivity index (χ3v) is 2.58. The van der Waals surface area contributed by atoms with Gasteiger partial charge in [-0.05, 0) is 12.8 Å². The number of methoxy groups -OCH3 is 1. The van der Waals surface area contributed by atoms with Gasteiger partial charge >= 0.3 is 0 Å². The SMILES string of the molecule is COCC(=O)N1CCCC(C(N)=NO)C1. The quantitative estimate of drug-likeness (QED) is 0.291. The average molecular weight is 215 g/mol. The third-order valence-electron chi connectivity index (χ3n) is 2.58. The summed E-state index contributed by atoms with van der Waals surface area (Å²) >= 11 is 0. The van der Waals surface area contributed by atoms with Crippen LogP contribution >= 0.6 is 0 Å². The van der Waals surface area contributed by atoms with Gasteiger partial charge in [0.2, 0.25) is 5.91 Å². The first kappa shape index (κ1) is 11.8. The molecule has 0 radical (unpaired) electrons. The Morgan fingerprint density at radius 3 is 3.07 bits per heavy atom. The molecule has 15 heavy (non-hydrogen) atoms. The maximum atomic E-state index is 11.5. The molecule has 1 aliphatic heterocycles. The topological polar surface area (TPSA) is 88.2 Å². The molecule has 6 heteroatoms. The van der Waals surface area contributed by atoms with Crippen LogP contribution in [0.5, 0.6) is 0 Å². The Kier molecular flexibility index (Phi) is 4.36. The van der Waals surface area contributed by atoms with Crippen molar-refractivity contribution in [2.24, 2.45) is 16.8 Å². The van der Waals surface area contributed by atoms with Gasteiger partial charge in [0.05, 0.1) is 0 Å². The van der Waals surface area contributed by atoms with Crippen molar-refractivity contribution in [3.8, 4) is 0 Å². The van der Waals surface area contributed by atoms with E-state index in [2.05, 4.69) is 5.16 Å². The van der Waals surface area contributed by atoms with Gasteiger partial charge < -0.3 is 20.6 Å². The molecule has 0 spiro atoms. The molecule has 1 fully saturated rings. The van der Waals surface area contributed by atoms with Gasteiger partial charge in [-0.1, -0.05) is 5.16 Å². The molecular formula is C9H17N3O3. The molecule has 1 amide bonds. The van der Waals surface area contributed by atoms with E-state index in [0.29, 0.717) is 6.54 Å². The number of amides is 1. The lowest BCUT2D eigenvalue weighted by Crippen LogP contribution is -2.45. The van der Waals surface area contributed by atoms with E-state index in [0.717, 1.165) is 19.4 Å². The van der Waals surface area contributed by atoms with Gasteiger partial charge in [-0.2, -0.15) is 0 Å². The van der Waals surface area contributed by atoms with Crippen LogP contribution < -0.4 is 5.73 Å². The highest BCUT2D eigenvalue weighted by Crippen LogP contribution is 2.16. The Morgan fingerprint density at radius 2 is 2.47 bits per heavy atom. The van der Waals surface area contributed by atoms with Crippen molar-refractivity contribution in [2.75, 3.05) is 26.8 Å². The zero-order chi connectivity index (χ0) is 11.3. The summed E-state index contributed by atoms with van der Waals surface area (Å²) in [5.41, 5.74) is 5.51. The molecule has 6 nitrogen and oxygen atoms in total. The lowest BCUT2D eigenvalue weighted by molar-refractivity contribution is -0.136. The molecule has 1 atom stereocenters. The highest BCUT2D eigenvalue weighted by atomic mass is 16.5. The van der Waals surface area contributed by atoms with Crippen LogP contribution in [0, 0.1) is 5.92 Å². The van der Waals surface area contributed by atoms with Crippen LogP contribution in [0.4, 0.5) is 0 Å². The largest absolute Gasteiger partial charge is 0.409 e. The fourth-order valence-electron chi connectivity index (χ4n) is 1.74. The van der Waals surface area contributed by atoms with Crippen molar-refractivity contribution >= 4 is 11.7 Å². The predicted molar refractivity (Wildman–Crippen MR) is 54.6 cm³/mol. The van der Waals surface area contributed by atoms with Crippen molar-refractivity contribution in [3.05, 3.63) is 0 Å². The molecule has 0 bridgehead atoms. The molecule has 1 unspecified atom stereocenters. The monoisotopic (exact) mass is 215 g/mol. The number of nitrogens with zero attached hydrogens (tertiary/aromatic N) is 2. The number of likely N-dealkylation sites (tertiary alicyclic amines) is 1. The molecule has 0 saturated carbocycles. The van der Waals surface area contributed by atoms with Gasteiger partial charge in [0.1, 0.15) is 12.4 Å². The second-order valence-corrected chi connectivity index (χ2v) is 3.64. The van der Waals surface area contributed by atoms with Crippen LogP contribution in [0.3, 0.4) is 0 Å². The maximum absolute atomic E-state index is 11.5. The van der Waals surface area contributed by atoms with Gasteiger partial charge in [0.15, 0.2) is 0 Å². The molecule has 0 aliphatic carbocycles. The Morgan fingerprint density at radius 1 is 1.73 bits per heavy atom. The number of ether oxygens (including phenoxy) is 1. The van der Waals surface area contributed by atoms with Crippen LogP contribution in [0.15, 0.2) is 5.16 Å². The van der Waals surface area contributed by atoms with Gasteiger partial charge in [-0.3, -0.25) is 4.79 Å². The number of carbonyl (C=O) groups excluding carboxylic acids is 1. The number of nitrogens with two attached hydrogens (primary N) is 1. The molecule has 3 N–H and O–H groups in total. The van der Waals surface area contributed by atoms with E-state index in [1.165, 1.54) is 7.11 Å². The minimum Gasteiger partial charge on any atom is -0.409 e.